The van der Waals surface area contributed by atoms with Gasteiger partial charge in [-0.1, -0.05) is 12.1 Å². The molecule has 1 aromatic heterocycles. The van der Waals surface area contributed by atoms with E-state index in [-0.39, 0.29) is 11.5 Å². The van der Waals surface area contributed by atoms with Crippen LogP contribution in [0.15, 0.2) is 42.6 Å². The molecule has 1 aliphatic rings. The van der Waals surface area contributed by atoms with Gasteiger partial charge in [0.05, 0.1) is 11.3 Å². The van der Waals surface area contributed by atoms with Crippen molar-refractivity contribution in [2.45, 2.75) is 19.3 Å². The van der Waals surface area contributed by atoms with Crippen LogP contribution < -0.4 is 0 Å². The molecule has 0 saturated carbocycles. The van der Waals surface area contributed by atoms with Crippen LogP contribution in [0.3, 0.4) is 0 Å². The molecule has 0 bridgehead atoms. The van der Waals surface area contributed by atoms with Crippen LogP contribution in [-0.2, 0) is 0 Å². The molecule has 2 heterocycles. The Morgan fingerprint density at radius 1 is 0.913 bits per heavy atom. The number of nitrogens with zero attached hydrogens (tertiary/aromatic N) is 2. The Labute approximate surface area is 134 Å². The number of carbonyl (C=O) groups excluding carboxylic acids is 1. The highest BCUT2D eigenvalue weighted by molar-refractivity contribution is 5.94. The van der Waals surface area contributed by atoms with Gasteiger partial charge in [-0.05, 0) is 43.5 Å². The van der Waals surface area contributed by atoms with E-state index in [2.05, 4.69) is 4.98 Å². The van der Waals surface area contributed by atoms with E-state index in [0.29, 0.717) is 11.3 Å². The fraction of sp³-hybridized carbons (Fsp3) is 0.278. The molecule has 5 nitrogen and oxygen atoms in total. The van der Waals surface area contributed by atoms with Crippen LogP contribution in [0.1, 0.15) is 40.0 Å². The van der Waals surface area contributed by atoms with E-state index in [1.807, 2.05) is 17.0 Å². The molecular weight excluding hydrogens is 292 g/mol. The standard InChI is InChI=1S/C18H18N2O3/c21-17(20-10-2-1-3-11-20)14-6-4-13(5-7-14)16-9-8-15(12-19-16)18(22)23/h4-9,12H,1-3,10-11H2,(H,22,23). The van der Waals surface area contributed by atoms with E-state index in [0.717, 1.165) is 31.5 Å². The molecule has 0 aliphatic carbocycles. The molecule has 0 unspecified atom stereocenters. The minimum Gasteiger partial charge on any atom is -0.478 e. The van der Waals surface area contributed by atoms with E-state index in [1.165, 1.54) is 18.7 Å². The van der Waals surface area contributed by atoms with E-state index in [1.54, 1.807) is 18.2 Å². The Morgan fingerprint density at radius 2 is 1.57 bits per heavy atom. The van der Waals surface area contributed by atoms with Crippen molar-refractivity contribution in [1.82, 2.24) is 9.88 Å². The zero-order chi connectivity index (χ0) is 16.2. The summed E-state index contributed by atoms with van der Waals surface area (Å²) in [6.07, 6.45) is 4.68. The molecule has 23 heavy (non-hydrogen) atoms. The van der Waals surface area contributed by atoms with E-state index in [4.69, 9.17) is 5.11 Å². The van der Waals surface area contributed by atoms with Gasteiger partial charge in [-0.25, -0.2) is 4.79 Å². The van der Waals surface area contributed by atoms with Crippen molar-refractivity contribution in [2.24, 2.45) is 0 Å². The maximum absolute atomic E-state index is 12.4. The SMILES string of the molecule is O=C(O)c1ccc(-c2ccc(C(=O)N3CCCCC3)cc2)nc1. The molecule has 3 rings (SSSR count). The normalized spacial score (nSPS) is 14.5. The zero-order valence-electron chi connectivity index (χ0n) is 12.7. The summed E-state index contributed by atoms with van der Waals surface area (Å²) in [7, 11) is 0. The molecule has 1 aliphatic heterocycles. The van der Waals surface area contributed by atoms with Crippen LogP contribution in [0.2, 0.25) is 0 Å². The molecule has 118 valence electrons. The van der Waals surface area contributed by atoms with Crippen LogP contribution in [0.5, 0.6) is 0 Å². The number of rotatable bonds is 3. The zero-order valence-corrected chi connectivity index (χ0v) is 12.7. The van der Waals surface area contributed by atoms with Gasteiger partial charge in [0.2, 0.25) is 0 Å². The maximum Gasteiger partial charge on any atom is 0.337 e. The number of piperidine rings is 1. The van der Waals surface area contributed by atoms with Gasteiger partial charge < -0.3 is 10.0 Å². The third-order valence-corrected chi connectivity index (χ3v) is 4.08. The average Bonchev–Trinajstić information content (AvgIpc) is 2.62. The predicted molar refractivity (Wildman–Crippen MR) is 86.4 cm³/mol. The van der Waals surface area contributed by atoms with Gasteiger partial charge >= 0.3 is 5.97 Å². The number of aromatic nitrogens is 1. The van der Waals surface area contributed by atoms with Gasteiger partial charge in [0.1, 0.15) is 0 Å². The highest BCUT2D eigenvalue weighted by Crippen LogP contribution is 2.19. The second kappa shape index (κ2) is 6.60. The molecule has 1 aromatic carbocycles. The maximum atomic E-state index is 12.4. The van der Waals surface area contributed by atoms with Gasteiger partial charge in [-0.3, -0.25) is 9.78 Å². The fourth-order valence-electron chi connectivity index (χ4n) is 2.75. The molecule has 1 amide bonds. The molecule has 2 aromatic rings. The minimum absolute atomic E-state index is 0.0745. The summed E-state index contributed by atoms with van der Waals surface area (Å²) in [6.45, 7) is 1.66. The summed E-state index contributed by atoms with van der Waals surface area (Å²) in [4.78, 5) is 29.3. The summed E-state index contributed by atoms with van der Waals surface area (Å²) >= 11 is 0. The first-order chi connectivity index (χ1) is 11.1. The Bertz CT molecular complexity index is 702. The number of pyridine rings is 1. The summed E-state index contributed by atoms with van der Waals surface area (Å²) in [5.74, 6) is -0.919. The van der Waals surface area contributed by atoms with Crippen LogP contribution >= 0.6 is 0 Å². The van der Waals surface area contributed by atoms with Crippen molar-refractivity contribution >= 4 is 11.9 Å². The minimum atomic E-state index is -0.994. The number of aromatic carboxylic acids is 1. The molecule has 0 atom stereocenters. The first-order valence-corrected chi connectivity index (χ1v) is 7.74. The molecule has 1 saturated heterocycles. The molecule has 0 radical (unpaired) electrons. The van der Waals surface area contributed by atoms with Crippen molar-refractivity contribution in [1.29, 1.82) is 0 Å². The van der Waals surface area contributed by atoms with Gasteiger partial charge in [-0.2, -0.15) is 0 Å². The Balaban J connectivity index is 1.76. The summed E-state index contributed by atoms with van der Waals surface area (Å²) in [6, 6.07) is 10.5. The number of likely N-dealkylation sites (tertiary alicyclic amines) is 1. The number of carbonyl (C=O) groups is 2. The van der Waals surface area contributed by atoms with E-state index in [9.17, 15) is 9.59 Å². The lowest BCUT2D eigenvalue weighted by molar-refractivity contribution is 0.0694. The highest BCUT2D eigenvalue weighted by atomic mass is 16.4. The Kier molecular flexibility index (Phi) is 4.37. The monoisotopic (exact) mass is 310 g/mol. The van der Waals surface area contributed by atoms with Crippen molar-refractivity contribution in [2.75, 3.05) is 13.1 Å². The Hall–Kier alpha value is -2.69. The molecule has 1 N–H and O–H groups in total. The topological polar surface area (TPSA) is 70.5 Å². The first-order valence-electron chi connectivity index (χ1n) is 7.74. The molecule has 5 heteroatoms. The lowest BCUT2D eigenvalue weighted by Crippen LogP contribution is -2.35. The molecule has 0 spiro atoms. The van der Waals surface area contributed by atoms with E-state index >= 15 is 0 Å². The van der Waals surface area contributed by atoms with Crippen molar-refractivity contribution in [3.63, 3.8) is 0 Å². The number of carboxylic acid groups (broad SMARTS) is 1. The van der Waals surface area contributed by atoms with Gasteiger partial charge in [0.25, 0.3) is 5.91 Å². The lowest BCUT2D eigenvalue weighted by Gasteiger charge is -2.26. The number of hydrogen-bond donors (Lipinski definition) is 1. The third kappa shape index (κ3) is 3.39. The lowest BCUT2D eigenvalue weighted by atomic mass is 10.1. The number of carboxylic acids is 1. The van der Waals surface area contributed by atoms with Crippen LogP contribution in [0.4, 0.5) is 0 Å². The average molecular weight is 310 g/mol. The molecular formula is C18H18N2O3. The number of hydrogen-bond acceptors (Lipinski definition) is 3. The largest absolute Gasteiger partial charge is 0.478 e. The number of benzene rings is 1. The second-order valence-corrected chi connectivity index (χ2v) is 5.67. The van der Waals surface area contributed by atoms with Crippen LogP contribution in [-0.4, -0.2) is 40.0 Å². The first kappa shape index (κ1) is 15.2. The molecule has 1 fully saturated rings. The number of amides is 1. The fourth-order valence-corrected chi connectivity index (χ4v) is 2.75. The predicted octanol–water partition coefficient (Wildman–Crippen LogP) is 3.07. The summed E-state index contributed by atoms with van der Waals surface area (Å²) < 4.78 is 0. The second-order valence-electron chi connectivity index (χ2n) is 5.67. The smallest absolute Gasteiger partial charge is 0.337 e. The van der Waals surface area contributed by atoms with E-state index < -0.39 is 5.97 Å². The van der Waals surface area contributed by atoms with Crippen molar-refractivity contribution in [3.8, 4) is 11.3 Å². The summed E-state index contributed by atoms with van der Waals surface area (Å²) in [5.41, 5.74) is 2.38. The van der Waals surface area contributed by atoms with Crippen molar-refractivity contribution < 1.29 is 14.7 Å². The third-order valence-electron chi connectivity index (χ3n) is 4.08. The van der Waals surface area contributed by atoms with Crippen molar-refractivity contribution in [3.05, 3.63) is 53.7 Å². The van der Waals surface area contributed by atoms with Crippen LogP contribution in [0, 0.1) is 0 Å². The quantitative estimate of drug-likeness (QED) is 0.946. The van der Waals surface area contributed by atoms with Gasteiger partial charge in [-0.15, -0.1) is 0 Å². The van der Waals surface area contributed by atoms with Crippen LogP contribution in [0.25, 0.3) is 11.3 Å². The highest BCUT2D eigenvalue weighted by Gasteiger charge is 2.18. The Morgan fingerprint density at radius 3 is 2.13 bits per heavy atom. The summed E-state index contributed by atoms with van der Waals surface area (Å²) in [5, 5.41) is 8.89. The van der Waals surface area contributed by atoms with Gasteiger partial charge in [0.15, 0.2) is 0 Å². The van der Waals surface area contributed by atoms with Gasteiger partial charge in [0, 0.05) is 30.4 Å².